The molecule has 2 heterocycles. The molecular weight excluding hydrogens is 270 g/mol. The number of aromatic nitrogens is 1. The normalized spacial score (nSPS) is 21.9. The molecule has 0 bridgehead atoms. The second-order valence-electron chi connectivity index (χ2n) is 5.13. The second-order valence-corrected chi connectivity index (χ2v) is 5.13. The molecule has 7 nitrogen and oxygen atoms in total. The van der Waals surface area contributed by atoms with Gasteiger partial charge >= 0.3 is 5.69 Å². The van der Waals surface area contributed by atoms with E-state index in [0.717, 1.165) is 25.9 Å². The van der Waals surface area contributed by atoms with Crippen LogP contribution in [-0.4, -0.2) is 35.1 Å². The lowest BCUT2D eigenvalue weighted by molar-refractivity contribution is -0.385. The first kappa shape index (κ1) is 15.2. The minimum absolute atomic E-state index is 0.126. The molecule has 1 fully saturated rings. The molecule has 0 saturated carbocycles. The third-order valence-electron chi connectivity index (χ3n) is 3.92. The Bertz CT molecular complexity index is 569. The number of nitro groups is 1. The molecule has 2 unspecified atom stereocenters. The number of anilines is 1. The van der Waals surface area contributed by atoms with Crippen molar-refractivity contribution in [2.24, 2.45) is 0 Å². The maximum absolute atomic E-state index is 10.9. The van der Waals surface area contributed by atoms with Crippen LogP contribution in [0.5, 0.6) is 0 Å². The average molecular weight is 289 g/mol. The quantitative estimate of drug-likeness (QED) is 0.671. The molecule has 0 aliphatic carbocycles. The first-order chi connectivity index (χ1) is 10.1. The van der Waals surface area contributed by atoms with Crippen LogP contribution in [0.15, 0.2) is 12.1 Å². The van der Waals surface area contributed by atoms with Crippen molar-refractivity contribution in [3.63, 3.8) is 0 Å². The number of nitrogens with zero attached hydrogens (tertiary/aromatic N) is 4. The van der Waals surface area contributed by atoms with Gasteiger partial charge in [0.05, 0.1) is 4.92 Å². The van der Waals surface area contributed by atoms with Crippen LogP contribution < -0.4 is 10.2 Å². The van der Waals surface area contributed by atoms with Crippen molar-refractivity contribution < 1.29 is 4.92 Å². The Morgan fingerprint density at radius 3 is 2.86 bits per heavy atom. The fourth-order valence-corrected chi connectivity index (χ4v) is 2.61. The molecule has 1 aromatic heterocycles. The van der Waals surface area contributed by atoms with Crippen molar-refractivity contribution in [3.8, 4) is 6.07 Å². The molecule has 7 heteroatoms. The Morgan fingerprint density at radius 1 is 1.52 bits per heavy atom. The van der Waals surface area contributed by atoms with Crippen LogP contribution >= 0.6 is 0 Å². The molecule has 1 aromatic rings. The van der Waals surface area contributed by atoms with Gasteiger partial charge in [0.25, 0.3) is 0 Å². The molecule has 1 N–H and O–H groups in total. The zero-order chi connectivity index (χ0) is 15.4. The average Bonchev–Trinajstić information content (AvgIpc) is 2.53. The van der Waals surface area contributed by atoms with Gasteiger partial charge in [-0.15, -0.1) is 0 Å². The molecule has 0 amide bonds. The van der Waals surface area contributed by atoms with E-state index in [9.17, 15) is 10.1 Å². The van der Waals surface area contributed by atoms with Crippen molar-refractivity contribution in [1.82, 2.24) is 10.3 Å². The summed E-state index contributed by atoms with van der Waals surface area (Å²) in [4.78, 5) is 16.7. The van der Waals surface area contributed by atoms with Crippen molar-refractivity contribution in [2.45, 2.75) is 38.8 Å². The molecule has 2 rings (SSSR count). The predicted molar refractivity (Wildman–Crippen MR) is 79.1 cm³/mol. The topological polar surface area (TPSA) is 95.1 Å². The van der Waals surface area contributed by atoms with Gasteiger partial charge in [0.2, 0.25) is 5.69 Å². The molecule has 0 aromatic carbocycles. The van der Waals surface area contributed by atoms with Gasteiger partial charge in [-0.1, -0.05) is 13.8 Å². The van der Waals surface area contributed by atoms with Crippen molar-refractivity contribution in [1.29, 1.82) is 5.26 Å². The fraction of sp³-hybridized carbons (Fsp3) is 0.571. The summed E-state index contributed by atoms with van der Waals surface area (Å²) in [5.74, 6) is 0.643. The zero-order valence-corrected chi connectivity index (χ0v) is 12.2. The van der Waals surface area contributed by atoms with Crippen LogP contribution in [0.4, 0.5) is 11.5 Å². The molecule has 0 radical (unpaired) electrons. The summed E-state index contributed by atoms with van der Waals surface area (Å²) >= 11 is 0. The minimum atomic E-state index is -0.570. The van der Waals surface area contributed by atoms with Gasteiger partial charge < -0.3 is 10.2 Å². The van der Waals surface area contributed by atoms with Crippen LogP contribution in [0.2, 0.25) is 0 Å². The minimum Gasteiger partial charge on any atom is -0.351 e. The molecule has 112 valence electrons. The molecule has 1 saturated heterocycles. The second kappa shape index (κ2) is 6.50. The number of nitrogens with one attached hydrogen (secondary N) is 1. The van der Waals surface area contributed by atoms with Gasteiger partial charge in [-0.05, 0) is 18.9 Å². The summed E-state index contributed by atoms with van der Waals surface area (Å²) in [6.45, 7) is 5.87. The number of nitriles is 1. The third kappa shape index (κ3) is 3.11. The first-order valence-corrected chi connectivity index (χ1v) is 7.16. The highest BCUT2D eigenvalue weighted by Gasteiger charge is 2.28. The van der Waals surface area contributed by atoms with Gasteiger partial charge in [-0.2, -0.15) is 5.26 Å². The zero-order valence-electron chi connectivity index (χ0n) is 12.2. The molecule has 1 aliphatic rings. The van der Waals surface area contributed by atoms with Gasteiger partial charge in [0.15, 0.2) is 0 Å². The van der Waals surface area contributed by atoms with Crippen LogP contribution in [0.3, 0.4) is 0 Å². The molecule has 21 heavy (non-hydrogen) atoms. The predicted octanol–water partition coefficient (Wildman–Crippen LogP) is 1.83. The smallest absolute Gasteiger partial charge is 0.305 e. The summed E-state index contributed by atoms with van der Waals surface area (Å²) in [7, 11) is 0. The van der Waals surface area contributed by atoms with E-state index in [1.807, 2.05) is 6.07 Å². The number of hydrogen-bond acceptors (Lipinski definition) is 6. The van der Waals surface area contributed by atoms with E-state index >= 15 is 0 Å². The Morgan fingerprint density at radius 2 is 2.29 bits per heavy atom. The highest BCUT2D eigenvalue weighted by atomic mass is 16.6. The lowest BCUT2D eigenvalue weighted by atomic mass is 10.1. The number of hydrogen-bond donors (Lipinski definition) is 1. The van der Waals surface area contributed by atoms with Crippen molar-refractivity contribution in [2.75, 3.05) is 18.0 Å². The van der Waals surface area contributed by atoms with Gasteiger partial charge in [-0.25, -0.2) is 4.98 Å². The van der Waals surface area contributed by atoms with Crippen LogP contribution in [-0.2, 0) is 0 Å². The maximum Gasteiger partial charge on any atom is 0.305 e. The Labute approximate surface area is 123 Å². The van der Waals surface area contributed by atoms with E-state index < -0.39 is 4.92 Å². The standard InChI is InChI=1S/C14H19N5O2/c1-3-10-9-18(11(4-2)8-16-10)14-6-5-13(19(20)21)12(7-15)17-14/h5-6,10-11,16H,3-4,8-9H2,1-2H3. The number of piperazine rings is 1. The van der Waals surface area contributed by atoms with Crippen molar-refractivity contribution >= 4 is 11.5 Å². The highest BCUT2D eigenvalue weighted by molar-refractivity contribution is 5.52. The van der Waals surface area contributed by atoms with Gasteiger partial charge in [0, 0.05) is 31.2 Å². The molecule has 2 atom stereocenters. The first-order valence-electron chi connectivity index (χ1n) is 7.16. The summed E-state index contributed by atoms with van der Waals surface area (Å²) < 4.78 is 0. The maximum atomic E-state index is 10.9. The Hall–Kier alpha value is -2.20. The van der Waals surface area contributed by atoms with E-state index in [2.05, 4.69) is 29.0 Å². The Kier molecular flexibility index (Phi) is 4.70. The number of pyridine rings is 1. The SMILES string of the molecule is CCC1CN(c2ccc([N+](=O)[O-])c(C#N)n2)C(CC)CN1. The highest BCUT2D eigenvalue weighted by Crippen LogP contribution is 2.24. The van der Waals surface area contributed by atoms with Crippen LogP contribution in [0.25, 0.3) is 0 Å². The van der Waals surface area contributed by atoms with E-state index in [1.54, 1.807) is 6.07 Å². The van der Waals surface area contributed by atoms with Crippen LogP contribution in [0.1, 0.15) is 32.4 Å². The molecule has 1 aliphatic heterocycles. The summed E-state index contributed by atoms with van der Waals surface area (Å²) in [6, 6.07) is 5.49. The van der Waals surface area contributed by atoms with E-state index in [4.69, 9.17) is 5.26 Å². The monoisotopic (exact) mass is 289 g/mol. The van der Waals surface area contributed by atoms with E-state index in [1.165, 1.54) is 6.07 Å². The summed E-state index contributed by atoms with van der Waals surface area (Å²) in [6.07, 6.45) is 1.95. The van der Waals surface area contributed by atoms with Gasteiger partial charge in [0.1, 0.15) is 11.9 Å². The lowest BCUT2D eigenvalue weighted by Gasteiger charge is -2.40. The van der Waals surface area contributed by atoms with E-state index in [0.29, 0.717) is 11.9 Å². The molecule has 0 spiro atoms. The largest absolute Gasteiger partial charge is 0.351 e. The van der Waals surface area contributed by atoms with E-state index in [-0.39, 0.29) is 17.4 Å². The summed E-state index contributed by atoms with van der Waals surface area (Å²) in [5, 5.41) is 23.4. The fourth-order valence-electron chi connectivity index (χ4n) is 2.61. The van der Waals surface area contributed by atoms with Crippen LogP contribution in [0, 0.1) is 21.4 Å². The van der Waals surface area contributed by atoms with Gasteiger partial charge in [-0.3, -0.25) is 10.1 Å². The van der Waals surface area contributed by atoms with Crippen molar-refractivity contribution in [3.05, 3.63) is 27.9 Å². The lowest BCUT2D eigenvalue weighted by Crippen LogP contribution is -2.56. The Balaban J connectivity index is 2.34. The summed E-state index contributed by atoms with van der Waals surface area (Å²) in [5.41, 5.74) is -0.365. The number of rotatable bonds is 4. The third-order valence-corrected chi connectivity index (χ3v) is 3.92. The molecular formula is C14H19N5O2.